The molecule has 1 aromatic carbocycles. The number of aliphatic carboxylic acids is 1. The van der Waals surface area contributed by atoms with Crippen LogP contribution >= 0.6 is 0 Å². The number of likely N-dealkylation sites (N-methyl/N-ethyl adjacent to an activating group) is 1. The fraction of sp³-hybridized carbons (Fsp3) is 0.471. The third-order valence-electron chi connectivity index (χ3n) is 4.09. The lowest BCUT2D eigenvalue weighted by atomic mass is 9.97. The molecule has 2 rings (SSSR count). The van der Waals surface area contributed by atoms with E-state index < -0.39 is 12.1 Å². The lowest BCUT2D eigenvalue weighted by Gasteiger charge is -2.31. The molecule has 0 atom stereocenters. The van der Waals surface area contributed by atoms with Gasteiger partial charge in [0.05, 0.1) is 5.92 Å². The van der Waals surface area contributed by atoms with Crippen molar-refractivity contribution in [2.45, 2.75) is 19.4 Å². The lowest BCUT2D eigenvalue weighted by Crippen LogP contribution is -2.45. The molecule has 0 aliphatic carbocycles. The van der Waals surface area contributed by atoms with E-state index in [9.17, 15) is 14.4 Å². The number of rotatable bonds is 5. The second-order valence-corrected chi connectivity index (χ2v) is 5.89. The molecule has 24 heavy (non-hydrogen) atoms. The van der Waals surface area contributed by atoms with Gasteiger partial charge in [0.2, 0.25) is 5.91 Å². The first-order valence-electron chi connectivity index (χ1n) is 7.89. The van der Waals surface area contributed by atoms with Crippen LogP contribution in [0.3, 0.4) is 0 Å². The van der Waals surface area contributed by atoms with Gasteiger partial charge in [0.15, 0.2) is 0 Å². The number of carbonyl (C=O) groups excluding carboxylic acids is 2. The van der Waals surface area contributed by atoms with Gasteiger partial charge in [-0.1, -0.05) is 30.3 Å². The largest absolute Gasteiger partial charge is 0.481 e. The number of hydrogen-bond donors (Lipinski definition) is 1. The number of hydrogen-bond acceptors (Lipinski definition) is 4. The van der Waals surface area contributed by atoms with Crippen molar-refractivity contribution >= 4 is 18.0 Å². The number of benzene rings is 1. The maximum atomic E-state index is 12.2. The number of carbonyl (C=O) groups is 3. The Bertz CT molecular complexity index is 582. The molecule has 0 bridgehead atoms. The monoisotopic (exact) mass is 334 g/mol. The fourth-order valence-electron chi connectivity index (χ4n) is 2.57. The average molecular weight is 334 g/mol. The number of carboxylic acid groups (broad SMARTS) is 1. The molecule has 2 amide bonds. The minimum Gasteiger partial charge on any atom is -0.481 e. The summed E-state index contributed by atoms with van der Waals surface area (Å²) in [5.74, 6) is -1.40. The van der Waals surface area contributed by atoms with Gasteiger partial charge in [-0.2, -0.15) is 0 Å². The van der Waals surface area contributed by atoms with E-state index in [1.165, 1.54) is 11.9 Å². The maximum absolute atomic E-state index is 12.2. The molecular formula is C17H22N2O5. The minimum atomic E-state index is -0.816. The fourth-order valence-corrected chi connectivity index (χ4v) is 2.57. The van der Waals surface area contributed by atoms with Gasteiger partial charge in [-0.15, -0.1) is 0 Å². The predicted molar refractivity (Wildman–Crippen MR) is 86.2 cm³/mol. The van der Waals surface area contributed by atoms with Gasteiger partial charge in [0.1, 0.15) is 13.2 Å². The Balaban J connectivity index is 1.75. The van der Waals surface area contributed by atoms with Gasteiger partial charge in [-0.3, -0.25) is 9.59 Å². The van der Waals surface area contributed by atoms with Crippen LogP contribution in [0, 0.1) is 5.92 Å². The molecule has 1 aromatic rings. The average Bonchev–Trinajstić information content (AvgIpc) is 2.60. The van der Waals surface area contributed by atoms with Crippen LogP contribution < -0.4 is 0 Å². The molecule has 0 spiro atoms. The summed E-state index contributed by atoms with van der Waals surface area (Å²) in [5, 5.41) is 8.96. The molecule has 0 saturated carbocycles. The molecular weight excluding hydrogens is 312 g/mol. The Kier molecular flexibility index (Phi) is 6.17. The first-order valence-corrected chi connectivity index (χ1v) is 7.89. The highest BCUT2D eigenvalue weighted by atomic mass is 16.6. The third-order valence-corrected chi connectivity index (χ3v) is 4.09. The van der Waals surface area contributed by atoms with Gasteiger partial charge in [0.25, 0.3) is 0 Å². The molecule has 1 fully saturated rings. The van der Waals surface area contributed by atoms with Crippen molar-refractivity contribution in [1.29, 1.82) is 0 Å². The topological polar surface area (TPSA) is 87.2 Å². The molecule has 1 saturated heterocycles. The smallest absolute Gasteiger partial charge is 0.410 e. The summed E-state index contributed by atoms with van der Waals surface area (Å²) in [7, 11) is 1.51. The number of likely N-dealkylation sites (tertiary alicyclic amines) is 1. The van der Waals surface area contributed by atoms with Crippen LogP contribution in [0.4, 0.5) is 4.79 Å². The van der Waals surface area contributed by atoms with Gasteiger partial charge < -0.3 is 19.6 Å². The van der Waals surface area contributed by atoms with E-state index in [0.717, 1.165) is 5.56 Å². The Morgan fingerprint density at radius 2 is 1.83 bits per heavy atom. The molecule has 0 unspecified atom stereocenters. The first kappa shape index (κ1) is 17.8. The van der Waals surface area contributed by atoms with E-state index in [-0.39, 0.29) is 25.0 Å². The van der Waals surface area contributed by atoms with E-state index in [4.69, 9.17) is 9.84 Å². The molecule has 1 heterocycles. The van der Waals surface area contributed by atoms with Crippen LogP contribution in [0.15, 0.2) is 30.3 Å². The highest BCUT2D eigenvalue weighted by Crippen LogP contribution is 2.17. The zero-order valence-electron chi connectivity index (χ0n) is 13.7. The van der Waals surface area contributed by atoms with Crippen molar-refractivity contribution in [3.63, 3.8) is 0 Å². The van der Waals surface area contributed by atoms with Crippen LogP contribution in [0.5, 0.6) is 0 Å². The predicted octanol–water partition coefficient (Wildman–Crippen LogP) is 1.58. The van der Waals surface area contributed by atoms with Crippen LogP contribution in [0.1, 0.15) is 18.4 Å². The van der Waals surface area contributed by atoms with Crippen LogP contribution in [0.25, 0.3) is 0 Å². The molecule has 0 radical (unpaired) electrons. The second-order valence-electron chi connectivity index (χ2n) is 5.89. The molecule has 1 N–H and O–H groups in total. The van der Waals surface area contributed by atoms with E-state index >= 15 is 0 Å². The highest BCUT2D eigenvalue weighted by molar-refractivity contribution is 5.82. The Morgan fingerprint density at radius 1 is 1.21 bits per heavy atom. The Hall–Kier alpha value is -2.57. The van der Waals surface area contributed by atoms with Crippen molar-refractivity contribution < 1.29 is 24.2 Å². The quantitative estimate of drug-likeness (QED) is 0.883. The second kappa shape index (κ2) is 8.33. The van der Waals surface area contributed by atoms with Gasteiger partial charge >= 0.3 is 12.1 Å². The molecule has 1 aliphatic rings. The zero-order valence-corrected chi connectivity index (χ0v) is 13.7. The SMILES string of the molecule is CN(CC(=O)N1CCC(C(=O)O)CC1)C(=O)OCc1ccccc1. The van der Waals surface area contributed by atoms with E-state index in [2.05, 4.69) is 0 Å². The van der Waals surface area contributed by atoms with Crippen molar-refractivity contribution in [2.75, 3.05) is 26.7 Å². The number of piperidine rings is 1. The summed E-state index contributed by atoms with van der Waals surface area (Å²) in [6.45, 7) is 0.888. The molecule has 130 valence electrons. The highest BCUT2D eigenvalue weighted by Gasteiger charge is 2.28. The van der Waals surface area contributed by atoms with Gasteiger partial charge in [-0.05, 0) is 18.4 Å². The lowest BCUT2D eigenvalue weighted by molar-refractivity contribution is -0.145. The normalized spacial score (nSPS) is 15.0. The van der Waals surface area contributed by atoms with E-state index in [1.54, 1.807) is 4.90 Å². The maximum Gasteiger partial charge on any atom is 0.410 e. The molecule has 0 aromatic heterocycles. The standard InChI is InChI=1S/C17H22N2O5/c1-18(17(23)24-12-13-5-3-2-4-6-13)11-15(20)19-9-7-14(8-10-19)16(21)22/h2-6,14H,7-12H2,1H3,(H,21,22). The van der Waals surface area contributed by atoms with Gasteiger partial charge in [0, 0.05) is 20.1 Å². The minimum absolute atomic E-state index is 0.0780. The molecule has 7 nitrogen and oxygen atoms in total. The van der Waals surface area contributed by atoms with Crippen molar-refractivity contribution in [2.24, 2.45) is 5.92 Å². The van der Waals surface area contributed by atoms with Crippen molar-refractivity contribution in [1.82, 2.24) is 9.80 Å². The van der Waals surface area contributed by atoms with E-state index in [1.807, 2.05) is 30.3 Å². The Morgan fingerprint density at radius 3 is 2.42 bits per heavy atom. The molecule has 7 heteroatoms. The van der Waals surface area contributed by atoms with Crippen LogP contribution in [-0.4, -0.2) is 59.6 Å². The summed E-state index contributed by atoms with van der Waals surface area (Å²) in [6, 6.07) is 9.30. The number of amides is 2. The number of ether oxygens (including phenoxy) is 1. The summed E-state index contributed by atoms with van der Waals surface area (Å²) in [4.78, 5) is 37.9. The third kappa shape index (κ3) is 4.97. The summed E-state index contributed by atoms with van der Waals surface area (Å²) >= 11 is 0. The molecule has 1 aliphatic heterocycles. The zero-order chi connectivity index (χ0) is 17.5. The summed E-state index contributed by atoms with van der Waals surface area (Å²) in [5.41, 5.74) is 0.876. The first-order chi connectivity index (χ1) is 11.5. The van der Waals surface area contributed by atoms with E-state index in [0.29, 0.717) is 25.9 Å². The Labute approximate surface area is 140 Å². The van der Waals surface area contributed by atoms with Crippen LogP contribution in [0.2, 0.25) is 0 Å². The van der Waals surface area contributed by atoms with Crippen LogP contribution in [-0.2, 0) is 20.9 Å². The number of carboxylic acids is 1. The summed E-state index contributed by atoms with van der Waals surface area (Å²) in [6.07, 6.45) is 0.333. The summed E-state index contributed by atoms with van der Waals surface area (Å²) < 4.78 is 5.17. The van der Waals surface area contributed by atoms with Crippen molar-refractivity contribution in [3.8, 4) is 0 Å². The number of nitrogens with zero attached hydrogens (tertiary/aromatic N) is 2. The van der Waals surface area contributed by atoms with Crippen molar-refractivity contribution in [3.05, 3.63) is 35.9 Å². The van der Waals surface area contributed by atoms with Gasteiger partial charge in [-0.25, -0.2) is 4.79 Å².